The summed E-state index contributed by atoms with van der Waals surface area (Å²) in [4.78, 5) is 16.5. The molecule has 1 atom stereocenters. The third-order valence-corrected chi connectivity index (χ3v) is 3.26. The number of rotatable bonds is 7. The molecule has 112 valence electrons. The number of hydrogen-bond donors (Lipinski definition) is 1. The fraction of sp³-hybridized carbons (Fsp3) is 0.600. The van der Waals surface area contributed by atoms with Crippen LogP contribution in [-0.4, -0.2) is 30.2 Å². The summed E-state index contributed by atoms with van der Waals surface area (Å²) in [5.41, 5.74) is 0.704. The predicted octanol–water partition coefficient (Wildman–Crippen LogP) is 2.93. The number of carbonyl (C=O) groups is 1. The molecule has 1 heterocycles. The van der Waals surface area contributed by atoms with Crippen LogP contribution in [0.2, 0.25) is 0 Å². The van der Waals surface area contributed by atoms with Crippen molar-refractivity contribution in [2.75, 3.05) is 19.0 Å². The number of carbonyl (C=O) groups excluding carboxylic acids is 1. The van der Waals surface area contributed by atoms with Gasteiger partial charge in [-0.25, -0.2) is 4.98 Å². The molecule has 0 saturated carbocycles. The monoisotopic (exact) mass is 280 g/mol. The van der Waals surface area contributed by atoms with E-state index in [0.29, 0.717) is 24.6 Å². The zero-order chi connectivity index (χ0) is 15.2. The van der Waals surface area contributed by atoms with Gasteiger partial charge in [0.15, 0.2) is 0 Å². The molecule has 0 aliphatic rings. The molecule has 0 aromatic carbocycles. The standard InChI is InChI=1S/C15H24N2O3/c1-6-8-20-15(4,7-2)14(18)17-12-9-11(3)13(19-5)16-10-12/h9-10H,6-8H2,1-5H3,(H,17,18)/t15-/m0/s1. The molecule has 5 nitrogen and oxygen atoms in total. The van der Waals surface area contributed by atoms with Crippen molar-refractivity contribution in [2.45, 2.75) is 46.1 Å². The van der Waals surface area contributed by atoms with Crippen LogP contribution >= 0.6 is 0 Å². The lowest BCUT2D eigenvalue weighted by molar-refractivity contribution is -0.139. The number of anilines is 1. The van der Waals surface area contributed by atoms with Crippen LogP contribution in [-0.2, 0) is 9.53 Å². The van der Waals surface area contributed by atoms with Gasteiger partial charge in [-0.05, 0) is 32.8 Å². The summed E-state index contributed by atoms with van der Waals surface area (Å²) in [6, 6.07) is 1.83. The summed E-state index contributed by atoms with van der Waals surface area (Å²) in [6.07, 6.45) is 3.08. The highest BCUT2D eigenvalue weighted by molar-refractivity contribution is 5.97. The molecule has 5 heteroatoms. The first-order valence-electron chi connectivity index (χ1n) is 6.92. The first-order valence-corrected chi connectivity index (χ1v) is 6.92. The van der Waals surface area contributed by atoms with Crippen LogP contribution in [0.3, 0.4) is 0 Å². The van der Waals surface area contributed by atoms with Crippen molar-refractivity contribution in [1.29, 1.82) is 0 Å². The maximum atomic E-state index is 12.3. The number of aryl methyl sites for hydroxylation is 1. The highest BCUT2D eigenvalue weighted by Crippen LogP contribution is 2.21. The van der Waals surface area contributed by atoms with Crippen LogP contribution in [0.25, 0.3) is 0 Å². The topological polar surface area (TPSA) is 60.5 Å². The second-order valence-electron chi connectivity index (χ2n) is 4.94. The van der Waals surface area contributed by atoms with Gasteiger partial charge in [0.2, 0.25) is 5.88 Å². The fourth-order valence-corrected chi connectivity index (χ4v) is 1.76. The number of hydrogen-bond acceptors (Lipinski definition) is 4. The van der Waals surface area contributed by atoms with E-state index >= 15 is 0 Å². The van der Waals surface area contributed by atoms with Crippen LogP contribution in [0.15, 0.2) is 12.3 Å². The van der Waals surface area contributed by atoms with Crippen LogP contribution in [0.1, 0.15) is 39.2 Å². The molecule has 1 N–H and O–H groups in total. The second kappa shape index (κ2) is 7.24. The third-order valence-electron chi connectivity index (χ3n) is 3.26. The maximum absolute atomic E-state index is 12.3. The van der Waals surface area contributed by atoms with Crippen molar-refractivity contribution in [3.63, 3.8) is 0 Å². The summed E-state index contributed by atoms with van der Waals surface area (Å²) < 4.78 is 10.8. The van der Waals surface area contributed by atoms with E-state index in [9.17, 15) is 4.79 Å². The number of methoxy groups -OCH3 is 1. The van der Waals surface area contributed by atoms with Gasteiger partial charge in [-0.1, -0.05) is 13.8 Å². The Morgan fingerprint density at radius 1 is 1.45 bits per heavy atom. The molecule has 0 radical (unpaired) electrons. The summed E-state index contributed by atoms with van der Waals surface area (Å²) in [6.45, 7) is 8.21. The highest BCUT2D eigenvalue weighted by Gasteiger charge is 2.32. The number of ether oxygens (including phenoxy) is 2. The smallest absolute Gasteiger partial charge is 0.256 e. The Hall–Kier alpha value is -1.62. The van der Waals surface area contributed by atoms with Gasteiger partial charge in [0.1, 0.15) is 5.60 Å². The molecule has 0 aliphatic heterocycles. The van der Waals surface area contributed by atoms with Crippen molar-refractivity contribution in [1.82, 2.24) is 4.98 Å². The molecule has 0 bridgehead atoms. The third kappa shape index (κ3) is 3.93. The van der Waals surface area contributed by atoms with Gasteiger partial charge < -0.3 is 14.8 Å². The van der Waals surface area contributed by atoms with Gasteiger partial charge in [-0.15, -0.1) is 0 Å². The number of pyridine rings is 1. The summed E-state index contributed by atoms with van der Waals surface area (Å²) in [7, 11) is 1.57. The molecule has 0 spiro atoms. The Labute approximate surface area is 120 Å². The van der Waals surface area contributed by atoms with E-state index in [4.69, 9.17) is 9.47 Å². The van der Waals surface area contributed by atoms with Crippen LogP contribution in [0.4, 0.5) is 5.69 Å². The Bertz CT molecular complexity index is 462. The summed E-state index contributed by atoms with van der Waals surface area (Å²) in [5.74, 6) is 0.406. The molecule has 0 fully saturated rings. The number of aromatic nitrogens is 1. The minimum atomic E-state index is -0.816. The predicted molar refractivity (Wildman–Crippen MR) is 79.1 cm³/mol. The molecule has 1 aromatic heterocycles. The van der Waals surface area contributed by atoms with Gasteiger partial charge >= 0.3 is 0 Å². The summed E-state index contributed by atoms with van der Waals surface area (Å²) in [5, 5.41) is 2.85. The van der Waals surface area contributed by atoms with Crippen molar-refractivity contribution in [3.05, 3.63) is 17.8 Å². The molecule has 0 aliphatic carbocycles. The lowest BCUT2D eigenvalue weighted by Gasteiger charge is -2.27. The second-order valence-corrected chi connectivity index (χ2v) is 4.94. The molecular weight excluding hydrogens is 256 g/mol. The van der Waals surface area contributed by atoms with E-state index in [1.165, 1.54) is 0 Å². The molecule has 1 rings (SSSR count). The Kier molecular flexibility index (Phi) is 5.95. The SMILES string of the molecule is CCCO[C@@](C)(CC)C(=O)Nc1cnc(OC)c(C)c1. The largest absolute Gasteiger partial charge is 0.481 e. The van der Waals surface area contributed by atoms with Gasteiger partial charge in [-0.2, -0.15) is 0 Å². The lowest BCUT2D eigenvalue weighted by Crippen LogP contribution is -2.42. The van der Waals surface area contributed by atoms with Gasteiger partial charge in [0.25, 0.3) is 5.91 Å². The van der Waals surface area contributed by atoms with E-state index in [-0.39, 0.29) is 5.91 Å². The minimum absolute atomic E-state index is 0.153. The van der Waals surface area contributed by atoms with Crippen molar-refractivity contribution in [2.24, 2.45) is 0 Å². The Balaban J connectivity index is 2.80. The van der Waals surface area contributed by atoms with E-state index in [1.54, 1.807) is 13.3 Å². The van der Waals surface area contributed by atoms with Crippen molar-refractivity contribution in [3.8, 4) is 5.88 Å². The van der Waals surface area contributed by atoms with Crippen LogP contribution in [0.5, 0.6) is 5.88 Å². The lowest BCUT2D eigenvalue weighted by atomic mass is 10.0. The van der Waals surface area contributed by atoms with Gasteiger partial charge in [0.05, 0.1) is 19.0 Å². The van der Waals surface area contributed by atoms with E-state index < -0.39 is 5.60 Å². The molecule has 0 unspecified atom stereocenters. The number of nitrogens with zero attached hydrogens (tertiary/aromatic N) is 1. The van der Waals surface area contributed by atoms with E-state index in [0.717, 1.165) is 12.0 Å². The zero-order valence-electron chi connectivity index (χ0n) is 12.9. The highest BCUT2D eigenvalue weighted by atomic mass is 16.5. The average molecular weight is 280 g/mol. The molecule has 1 aromatic rings. The maximum Gasteiger partial charge on any atom is 0.256 e. The van der Waals surface area contributed by atoms with Gasteiger partial charge in [0, 0.05) is 12.2 Å². The quantitative estimate of drug-likeness (QED) is 0.834. The number of amides is 1. The van der Waals surface area contributed by atoms with Crippen molar-refractivity contribution >= 4 is 11.6 Å². The first kappa shape index (κ1) is 16.4. The van der Waals surface area contributed by atoms with Crippen LogP contribution < -0.4 is 10.1 Å². The van der Waals surface area contributed by atoms with Gasteiger partial charge in [-0.3, -0.25) is 4.79 Å². The first-order chi connectivity index (χ1) is 9.46. The molecular formula is C15H24N2O3. The number of nitrogens with one attached hydrogen (secondary N) is 1. The average Bonchev–Trinajstić information content (AvgIpc) is 2.44. The zero-order valence-corrected chi connectivity index (χ0v) is 12.9. The normalized spacial score (nSPS) is 13.7. The van der Waals surface area contributed by atoms with E-state index in [1.807, 2.05) is 33.8 Å². The van der Waals surface area contributed by atoms with E-state index in [2.05, 4.69) is 10.3 Å². The summed E-state index contributed by atoms with van der Waals surface area (Å²) >= 11 is 0. The Morgan fingerprint density at radius 3 is 2.65 bits per heavy atom. The molecule has 1 amide bonds. The van der Waals surface area contributed by atoms with Crippen LogP contribution in [0, 0.1) is 6.92 Å². The molecule has 0 saturated heterocycles. The van der Waals surface area contributed by atoms with Crippen molar-refractivity contribution < 1.29 is 14.3 Å². The molecule has 20 heavy (non-hydrogen) atoms. The minimum Gasteiger partial charge on any atom is -0.481 e. The fourth-order valence-electron chi connectivity index (χ4n) is 1.76. The Morgan fingerprint density at radius 2 is 2.15 bits per heavy atom.